The quantitative estimate of drug-likeness (QED) is 0.409. The molecule has 0 aliphatic rings. The molecule has 2 aromatic carbocycles. The van der Waals surface area contributed by atoms with Gasteiger partial charge in [-0.05, 0) is 55.7 Å². The van der Waals surface area contributed by atoms with Gasteiger partial charge in [-0.15, -0.1) is 0 Å². The zero-order valence-electron chi connectivity index (χ0n) is 18.0. The summed E-state index contributed by atoms with van der Waals surface area (Å²) in [6, 6.07) is 18.3. The highest BCUT2D eigenvalue weighted by Crippen LogP contribution is 2.28. The van der Waals surface area contributed by atoms with E-state index in [0.717, 1.165) is 27.5 Å². The first kappa shape index (κ1) is 21.1. The normalized spacial score (nSPS) is 11.2. The summed E-state index contributed by atoms with van der Waals surface area (Å²) in [5, 5.41) is 3.89. The van der Waals surface area contributed by atoms with Crippen LogP contribution in [0, 0.1) is 6.92 Å². The Morgan fingerprint density at radius 3 is 2.61 bits per heavy atom. The number of carbonyl (C=O) groups excluding carboxylic acids is 1. The molecule has 4 rings (SSSR count). The maximum Gasteiger partial charge on any atom is 0.251 e. The molecular weight excluding hydrogens is 404 g/mol. The Hall–Kier alpha value is -3.12. The fourth-order valence-electron chi connectivity index (χ4n) is 3.41. The van der Waals surface area contributed by atoms with Crippen molar-refractivity contribution < 1.29 is 4.79 Å². The number of fused-ring (bicyclic) bond motifs is 1. The molecule has 0 aliphatic carbocycles. The number of nitrogens with zero attached hydrogens (tertiary/aromatic N) is 3. The van der Waals surface area contributed by atoms with Gasteiger partial charge in [-0.3, -0.25) is 9.78 Å². The van der Waals surface area contributed by atoms with E-state index in [9.17, 15) is 4.79 Å². The van der Waals surface area contributed by atoms with Gasteiger partial charge in [-0.25, -0.2) is 4.98 Å². The molecule has 0 fully saturated rings. The van der Waals surface area contributed by atoms with E-state index < -0.39 is 0 Å². The number of pyridine rings is 1. The highest BCUT2D eigenvalue weighted by molar-refractivity contribution is 7.98. The molecule has 1 N–H and O–H groups in total. The zero-order valence-corrected chi connectivity index (χ0v) is 18.8. The van der Waals surface area contributed by atoms with Crippen molar-refractivity contribution in [1.29, 1.82) is 0 Å². The highest BCUT2D eigenvalue weighted by atomic mass is 32.2. The number of benzene rings is 2. The minimum absolute atomic E-state index is 0.0479. The topological polar surface area (TPSA) is 59.8 Å². The van der Waals surface area contributed by atoms with E-state index in [1.807, 2.05) is 50.4 Å². The van der Waals surface area contributed by atoms with Crippen LogP contribution < -0.4 is 5.32 Å². The average Bonchev–Trinajstić information content (AvgIpc) is 3.10. The van der Waals surface area contributed by atoms with Gasteiger partial charge in [-0.2, -0.15) is 0 Å². The van der Waals surface area contributed by atoms with Crippen LogP contribution in [-0.4, -0.2) is 26.5 Å². The van der Waals surface area contributed by atoms with Crippen LogP contribution in [-0.2, 0) is 12.3 Å². The van der Waals surface area contributed by atoms with E-state index in [-0.39, 0.29) is 11.9 Å². The van der Waals surface area contributed by atoms with Crippen LogP contribution >= 0.6 is 11.8 Å². The number of imidazole rings is 1. The molecule has 2 heterocycles. The Morgan fingerprint density at radius 2 is 1.87 bits per heavy atom. The molecule has 158 valence electrons. The third-order valence-electron chi connectivity index (χ3n) is 5.11. The number of nitrogens with one attached hydrogen (secondary N) is 1. The van der Waals surface area contributed by atoms with Crippen molar-refractivity contribution in [3.8, 4) is 0 Å². The van der Waals surface area contributed by atoms with Crippen LogP contribution in [0.1, 0.15) is 40.9 Å². The molecule has 0 aliphatic heterocycles. The van der Waals surface area contributed by atoms with Gasteiger partial charge in [0.1, 0.15) is 0 Å². The Balaban J connectivity index is 1.58. The van der Waals surface area contributed by atoms with Crippen molar-refractivity contribution in [3.63, 3.8) is 0 Å². The number of aryl methyl sites for hydroxylation is 1. The predicted molar refractivity (Wildman–Crippen MR) is 126 cm³/mol. The second-order valence-corrected chi connectivity index (χ2v) is 8.83. The number of thioether (sulfide) groups is 1. The Bertz CT molecular complexity index is 1200. The third kappa shape index (κ3) is 4.97. The van der Waals surface area contributed by atoms with E-state index in [4.69, 9.17) is 4.98 Å². The number of rotatable bonds is 7. The summed E-state index contributed by atoms with van der Waals surface area (Å²) in [7, 11) is 0. The van der Waals surface area contributed by atoms with Gasteiger partial charge < -0.3 is 9.88 Å². The molecule has 0 atom stereocenters. The van der Waals surface area contributed by atoms with E-state index in [1.54, 1.807) is 18.0 Å². The number of hydrogen-bond acceptors (Lipinski definition) is 4. The molecule has 0 radical (unpaired) electrons. The molecule has 5 nitrogen and oxygen atoms in total. The number of amides is 1. The standard InChI is InChI=1S/C25H26N4OS/c1-17(2)27-24(30)20-10-8-19(9-11-20)15-29-23-14-26-13-12-22(23)28-25(29)31-16-21-7-5-4-6-18(21)3/h4-14,17H,15-16H2,1-3H3,(H,27,30). The van der Waals surface area contributed by atoms with Gasteiger partial charge in [0.05, 0.1) is 23.8 Å². The lowest BCUT2D eigenvalue weighted by Gasteiger charge is -2.11. The lowest BCUT2D eigenvalue weighted by atomic mass is 10.1. The lowest BCUT2D eigenvalue weighted by molar-refractivity contribution is 0.0943. The van der Waals surface area contributed by atoms with Crippen molar-refractivity contribution in [1.82, 2.24) is 19.9 Å². The first-order valence-corrected chi connectivity index (χ1v) is 11.4. The number of aromatic nitrogens is 3. The average molecular weight is 431 g/mol. The van der Waals surface area contributed by atoms with Crippen LogP contribution in [0.2, 0.25) is 0 Å². The molecular formula is C25H26N4OS. The van der Waals surface area contributed by atoms with Crippen molar-refractivity contribution in [2.75, 3.05) is 0 Å². The highest BCUT2D eigenvalue weighted by Gasteiger charge is 2.13. The monoisotopic (exact) mass is 430 g/mol. The van der Waals surface area contributed by atoms with Crippen LogP contribution in [0.3, 0.4) is 0 Å². The molecule has 6 heteroatoms. The minimum atomic E-state index is -0.0479. The van der Waals surface area contributed by atoms with E-state index >= 15 is 0 Å². The minimum Gasteiger partial charge on any atom is -0.350 e. The number of hydrogen-bond donors (Lipinski definition) is 1. The summed E-state index contributed by atoms with van der Waals surface area (Å²) < 4.78 is 2.20. The summed E-state index contributed by atoms with van der Waals surface area (Å²) >= 11 is 1.73. The summed E-state index contributed by atoms with van der Waals surface area (Å²) in [5.74, 6) is 0.811. The molecule has 1 amide bonds. The molecule has 0 saturated heterocycles. The fourth-order valence-corrected chi connectivity index (χ4v) is 4.50. The van der Waals surface area contributed by atoms with Gasteiger partial charge in [0.25, 0.3) is 5.91 Å². The second-order valence-electron chi connectivity index (χ2n) is 7.89. The maximum absolute atomic E-state index is 12.2. The number of carbonyl (C=O) groups is 1. The summed E-state index contributed by atoms with van der Waals surface area (Å²) in [6.07, 6.45) is 3.64. The molecule has 0 saturated carbocycles. The van der Waals surface area contributed by atoms with Gasteiger partial charge in [0.15, 0.2) is 5.16 Å². The second kappa shape index (κ2) is 9.35. The first-order valence-electron chi connectivity index (χ1n) is 10.4. The van der Waals surface area contributed by atoms with Crippen molar-refractivity contribution >= 4 is 28.7 Å². The van der Waals surface area contributed by atoms with Crippen molar-refractivity contribution in [2.45, 2.75) is 44.3 Å². The van der Waals surface area contributed by atoms with Crippen molar-refractivity contribution in [3.05, 3.63) is 89.2 Å². The largest absolute Gasteiger partial charge is 0.350 e. The molecule has 4 aromatic rings. The van der Waals surface area contributed by atoms with Crippen LogP contribution in [0.25, 0.3) is 11.0 Å². The predicted octanol–water partition coefficient (Wildman–Crippen LogP) is 5.22. The Kier molecular flexibility index (Phi) is 6.37. The molecule has 31 heavy (non-hydrogen) atoms. The Morgan fingerprint density at radius 1 is 1.10 bits per heavy atom. The zero-order chi connectivity index (χ0) is 21.8. The Labute approximate surface area is 186 Å². The van der Waals surface area contributed by atoms with Crippen molar-refractivity contribution in [2.24, 2.45) is 0 Å². The molecule has 2 aromatic heterocycles. The van der Waals surface area contributed by atoms with Gasteiger partial charge in [0.2, 0.25) is 0 Å². The van der Waals surface area contributed by atoms with E-state index in [2.05, 4.69) is 46.1 Å². The smallest absolute Gasteiger partial charge is 0.251 e. The third-order valence-corrected chi connectivity index (χ3v) is 6.14. The summed E-state index contributed by atoms with van der Waals surface area (Å²) in [4.78, 5) is 21.4. The molecule has 0 unspecified atom stereocenters. The van der Waals surface area contributed by atoms with Crippen LogP contribution in [0.15, 0.2) is 72.1 Å². The summed E-state index contributed by atoms with van der Waals surface area (Å²) in [6.45, 7) is 6.73. The fraction of sp³-hybridized carbons (Fsp3) is 0.240. The van der Waals surface area contributed by atoms with Gasteiger partial charge in [-0.1, -0.05) is 48.2 Å². The van der Waals surface area contributed by atoms with E-state index in [0.29, 0.717) is 12.1 Å². The SMILES string of the molecule is Cc1ccccc1CSc1nc2ccncc2n1Cc1ccc(C(=O)NC(C)C)cc1. The summed E-state index contributed by atoms with van der Waals surface area (Å²) in [5.41, 5.74) is 6.33. The van der Waals surface area contributed by atoms with E-state index in [1.165, 1.54) is 11.1 Å². The van der Waals surface area contributed by atoms with Crippen LogP contribution in [0.4, 0.5) is 0 Å². The first-order chi connectivity index (χ1) is 15.0. The molecule has 0 spiro atoms. The lowest BCUT2D eigenvalue weighted by Crippen LogP contribution is -2.29. The van der Waals surface area contributed by atoms with Gasteiger partial charge in [0, 0.05) is 23.6 Å². The maximum atomic E-state index is 12.2. The molecule has 0 bridgehead atoms. The van der Waals surface area contributed by atoms with Gasteiger partial charge >= 0.3 is 0 Å². The van der Waals surface area contributed by atoms with Crippen LogP contribution in [0.5, 0.6) is 0 Å².